The Morgan fingerprint density at radius 1 is 0.410 bits per heavy atom. The number of para-hydroxylation sites is 4. The number of furan rings is 1. The fraction of sp³-hybridized carbons (Fsp3) is 0.160. The average molecular weight is 1260 g/mol. The van der Waals surface area contributed by atoms with E-state index in [0.29, 0.717) is 34.1 Å². The SMILES string of the molecule is CC(C)c1cc(-c2ccccc2)cc(C(C)C)c1-n1c(-c2[c-]c(Oc3[c-]c(-c4nc5ccccc5n4-c4c(C(C)C)cc(-c5ccccc5)cc4C(C)C)c4oc5cc6ccc7ccccc7c6nc5c4c3)ccc2)nc2ccccc21.[Pt+2]. The first-order chi connectivity index (χ1) is 39.9. The Balaban J connectivity index is 0.00000645. The third-order valence-corrected chi connectivity index (χ3v) is 16.2. The molecule has 0 radical (unpaired) electrons. The van der Waals surface area contributed by atoms with E-state index in [1.807, 2.05) is 18.2 Å². The molecule has 0 N–H and O–H groups in total. The van der Waals surface area contributed by atoms with E-state index in [9.17, 15) is 0 Å². The van der Waals surface area contributed by atoms with Crippen molar-refractivity contribution in [2.24, 2.45) is 0 Å². The van der Waals surface area contributed by atoms with Crippen molar-refractivity contribution >= 4 is 65.8 Å². The number of imidazole rings is 2. The van der Waals surface area contributed by atoms with Crippen LogP contribution in [0.25, 0.3) is 122 Å². The van der Waals surface area contributed by atoms with Crippen LogP contribution in [0.2, 0.25) is 0 Å². The van der Waals surface area contributed by atoms with Crippen molar-refractivity contribution in [2.75, 3.05) is 0 Å². The molecule has 0 unspecified atom stereocenters. The molecule has 0 aliphatic carbocycles. The van der Waals surface area contributed by atoms with Crippen molar-refractivity contribution in [3.05, 3.63) is 235 Å². The molecule has 14 rings (SSSR count). The van der Waals surface area contributed by atoms with Crippen LogP contribution in [0.5, 0.6) is 11.5 Å². The number of hydrogen-bond acceptors (Lipinski definition) is 5. The first kappa shape index (κ1) is 53.4. The van der Waals surface area contributed by atoms with Gasteiger partial charge in [0.1, 0.15) is 5.58 Å². The van der Waals surface area contributed by atoms with Crippen molar-refractivity contribution in [1.29, 1.82) is 0 Å². The van der Waals surface area contributed by atoms with E-state index in [0.717, 1.165) is 77.4 Å². The summed E-state index contributed by atoms with van der Waals surface area (Å²) in [6.07, 6.45) is 0. The predicted molar refractivity (Wildman–Crippen MR) is 338 cm³/mol. The zero-order chi connectivity index (χ0) is 55.9. The van der Waals surface area contributed by atoms with Gasteiger partial charge in [-0.1, -0.05) is 200 Å². The molecular weight excluding hydrogens is 1200 g/mol. The van der Waals surface area contributed by atoms with Gasteiger partial charge in [-0.2, -0.15) is 0 Å². The first-order valence-electron chi connectivity index (χ1n) is 28.7. The summed E-state index contributed by atoms with van der Waals surface area (Å²) in [5.74, 6) is 3.21. The Labute approximate surface area is 498 Å². The Hall–Kier alpha value is -8.90. The molecule has 7 nitrogen and oxygen atoms in total. The molecule has 4 aromatic heterocycles. The maximum absolute atomic E-state index is 7.15. The number of hydrogen-bond donors (Lipinski definition) is 0. The summed E-state index contributed by atoms with van der Waals surface area (Å²) < 4.78 is 19.0. The second-order valence-electron chi connectivity index (χ2n) is 23.0. The molecule has 14 aromatic rings. The van der Waals surface area contributed by atoms with Crippen LogP contribution in [0.15, 0.2) is 205 Å². The smallest absolute Gasteiger partial charge is 0.499 e. The van der Waals surface area contributed by atoms with Crippen LogP contribution in [0.4, 0.5) is 0 Å². The average Bonchev–Trinajstić information content (AvgIpc) is 2.16. The van der Waals surface area contributed by atoms with Gasteiger partial charge in [0.2, 0.25) is 0 Å². The van der Waals surface area contributed by atoms with Gasteiger partial charge in [-0.3, -0.25) is 9.97 Å². The molecule has 0 bridgehead atoms. The molecule has 8 heteroatoms. The molecule has 83 heavy (non-hydrogen) atoms. The summed E-state index contributed by atoms with van der Waals surface area (Å²) in [5, 5.41) is 3.98. The summed E-state index contributed by atoms with van der Waals surface area (Å²) >= 11 is 0. The molecule has 0 saturated heterocycles. The molecule has 0 spiro atoms. The van der Waals surface area contributed by atoms with Gasteiger partial charge in [-0.05, 0) is 134 Å². The fourth-order valence-corrected chi connectivity index (χ4v) is 12.2. The van der Waals surface area contributed by atoms with E-state index in [1.165, 1.54) is 44.5 Å². The quantitative estimate of drug-likeness (QED) is 0.0900. The summed E-state index contributed by atoms with van der Waals surface area (Å²) in [4.78, 5) is 16.4. The Morgan fingerprint density at radius 2 is 0.916 bits per heavy atom. The van der Waals surface area contributed by atoms with Gasteiger partial charge in [-0.15, -0.1) is 23.8 Å². The van der Waals surface area contributed by atoms with Crippen molar-refractivity contribution < 1.29 is 30.2 Å². The summed E-state index contributed by atoms with van der Waals surface area (Å²) in [6, 6.07) is 78.1. The van der Waals surface area contributed by atoms with Gasteiger partial charge in [0.15, 0.2) is 0 Å². The largest absolute Gasteiger partial charge is 2.00 e. The topological polar surface area (TPSA) is 70.9 Å². The molecule has 10 aromatic carbocycles. The van der Waals surface area contributed by atoms with Crippen LogP contribution in [0.1, 0.15) is 101 Å². The van der Waals surface area contributed by atoms with Crippen LogP contribution >= 0.6 is 0 Å². The molecule has 0 amide bonds. The maximum Gasteiger partial charge on any atom is 2.00 e. The van der Waals surface area contributed by atoms with Crippen LogP contribution < -0.4 is 4.74 Å². The molecule has 408 valence electrons. The first-order valence-corrected chi connectivity index (χ1v) is 28.7. The second kappa shape index (κ2) is 21.4. The number of benzene rings is 10. The van der Waals surface area contributed by atoms with Crippen LogP contribution in [-0.2, 0) is 21.1 Å². The fourth-order valence-electron chi connectivity index (χ4n) is 12.2. The molecule has 0 fully saturated rings. The monoisotopic (exact) mass is 1260 g/mol. The number of rotatable bonds is 12. The zero-order valence-electron chi connectivity index (χ0n) is 47.7. The minimum absolute atomic E-state index is 0. The van der Waals surface area contributed by atoms with Crippen molar-refractivity contribution in [2.45, 2.75) is 79.1 Å². The van der Waals surface area contributed by atoms with Gasteiger partial charge in [0, 0.05) is 33.6 Å². The van der Waals surface area contributed by atoms with E-state index in [1.54, 1.807) is 0 Å². The number of nitrogens with zero attached hydrogens (tertiary/aromatic N) is 5. The van der Waals surface area contributed by atoms with E-state index in [2.05, 4.69) is 259 Å². The normalized spacial score (nSPS) is 12.0. The summed E-state index contributed by atoms with van der Waals surface area (Å²) in [5.41, 5.74) is 20.1. The summed E-state index contributed by atoms with van der Waals surface area (Å²) in [7, 11) is 0. The zero-order valence-corrected chi connectivity index (χ0v) is 50.0. The number of pyridine rings is 1. The Morgan fingerprint density at radius 3 is 1.49 bits per heavy atom. The molecule has 0 atom stereocenters. The molecule has 0 aliphatic rings. The second-order valence-corrected chi connectivity index (χ2v) is 23.0. The van der Waals surface area contributed by atoms with Gasteiger partial charge < -0.3 is 18.3 Å². The van der Waals surface area contributed by atoms with Crippen LogP contribution in [-0.4, -0.2) is 24.1 Å². The van der Waals surface area contributed by atoms with Crippen LogP contribution in [0, 0.1) is 12.1 Å². The van der Waals surface area contributed by atoms with Gasteiger partial charge in [0.05, 0.1) is 50.3 Å². The maximum atomic E-state index is 7.15. The van der Waals surface area contributed by atoms with Gasteiger partial charge >= 0.3 is 21.1 Å². The number of ether oxygens (including phenoxy) is 1. The minimum Gasteiger partial charge on any atom is -0.499 e. The Kier molecular flexibility index (Phi) is 13.8. The van der Waals surface area contributed by atoms with Crippen LogP contribution in [0.3, 0.4) is 0 Å². The van der Waals surface area contributed by atoms with E-state index in [4.69, 9.17) is 24.1 Å². The minimum atomic E-state index is 0. The molecule has 4 heterocycles. The Bertz CT molecular complexity index is 4740. The van der Waals surface area contributed by atoms with Crippen molar-refractivity contribution in [3.8, 4) is 67.9 Å². The van der Waals surface area contributed by atoms with E-state index in [-0.39, 0.29) is 44.7 Å². The predicted octanol–water partition coefficient (Wildman–Crippen LogP) is 20.5. The summed E-state index contributed by atoms with van der Waals surface area (Å²) in [6.45, 7) is 18.3. The standard InChI is InChI=1S/C75H61N5O2.Pt/c1-44(2)58-37-53(48-22-11-9-12-23-48)38-59(45(3)4)71(58)79-66-32-19-17-30-64(66)76-74(79)52-27-21-28-55(36-52)81-56-42-62-70-68(41-51-35-34-50-26-15-16-29-57(50)69(51)78-70)82-73(62)63(43-56)75-77-65-31-18-20-33-67(65)80(75)72-60(46(5)6)39-54(40-61(72)47(7)8)49-24-13-10-14-25-49;/h9-35,37-42,44-47H,1-8H3;/q-2;+2. The van der Waals surface area contributed by atoms with E-state index >= 15 is 0 Å². The number of fused-ring (bicyclic) bond motifs is 8. The van der Waals surface area contributed by atoms with Gasteiger partial charge in [0.25, 0.3) is 0 Å². The van der Waals surface area contributed by atoms with Crippen molar-refractivity contribution in [1.82, 2.24) is 24.1 Å². The van der Waals surface area contributed by atoms with E-state index < -0.39 is 0 Å². The molecular formula is C75H61N5O2Pt. The third kappa shape index (κ3) is 9.32. The number of aromatic nitrogens is 5. The third-order valence-electron chi connectivity index (χ3n) is 16.2. The molecule has 0 saturated carbocycles. The van der Waals surface area contributed by atoms with Gasteiger partial charge in [-0.25, -0.2) is 4.98 Å². The van der Waals surface area contributed by atoms with Crippen molar-refractivity contribution in [3.63, 3.8) is 0 Å². The molecule has 0 aliphatic heterocycles.